The number of halogens is 1. The number of urea groups is 1. The number of nitrogens with one attached hydrogen (secondary N) is 1. The van der Waals surface area contributed by atoms with E-state index >= 15 is 0 Å². The molecule has 1 fully saturated rings. The zero-order valence-corrected chi connectivity index (χ0v) is 15.1. The van der Waals surface area contributed by atoms with Crippen LogP contribution in [-0.4, -0.2) is 25.7 Å². The Bertz CT molecular complexity index is 891. The van der Waals surface area contributed by atoms with E-state index in [-0.39, 0.29) is 12.1 Å². The molecule has 0 unspecified atom stereocenters. The number of amides is 2. The van der Waals surface area contributed by atoms with Gasteiger partial charge in [0.05, 0.1) is 11.7 Å². The largest absolute Gasteiger partial charge is 0.322 e. The summed E-state index contributed by atoms with van der Waals surface area (Å²) in [6.07, 6.45) is 3.27. The van der Waals surface area contributed by atoms with Gasteiger partial charge in [0.2, 0.25) is 0 Å². The lowest BCUT2D eigenvalue weighted by Gasteiger charge is -2.37. The first-order valence-corrected chi connectivity index (χ1v) is 9.34. The monoisotopic (exact) mass is 372 g/mol. The van der Waals surface area contributed by atoms with Crippen LogP contribution in [0.15, 0.2) is 42.5 Å². The van der Waals surface area contributed by atoms with Crippen LogP contribution in [0.25, 0.3) is 11.0 Å². The van der Waals surface area contributed by atoms with Gasteiger partial charge in [-0.3, -0.25) is 0 Å². The van der Waals surface area contributed by atoms with Gasteiger partial charge in [-0.1, -0.05) is 17.7 Å². The molecule has 5 nitrogen and oxygen atoms in total. The van der Waals surface area contributed by atoms with Crippen LogP contribution in [-0.2, 0) is 6.54 Å². The van der Waals surface area contributed by atoms with E-state index in [0.717, 1.165) is 35.1 Å². The maximum absolute atomic E-state index is 12.8. The van der Waals surface area contributed by atoms with E-state index < -0.39 is 0 Å². The second-order valence-electron chi connectivity index (χ2n) is 6.24. The lowest BCUT2D eigenvalue weighted by molar-refractivity contribution is 0.143. The van der Waals surface area contributed by atoms with Crippen molar-refractivity contribution in [3.05, 3.63) is 53.1 Å². The second kappa shape index (κ2) is 6.98. The number of hydrogen-bond donors (Lipinski definition) is 1. The first-order chi connectivity index (χ1) is 12.2. The molecular formula is C18H17ClN4OS. The van der Waals surface area contributed by atoms with Crippen molar-refractivity contribution in [3.8, 4) is 0 Å². The topological polar surface area (TPSA) is 58.1 Å². The quantitative estimate of drug-likeness (QED) is 0.706. The van der Waals surface area contributed by atoms with Gasteiger partial charge < -0.3 is 10.2 Å². The minimum atomic E-state index is -0.0801. The van der Waals surface area contributed by atoms with Crippen molar-refractivity contribution in [3.63, 3.8) is 0 Å². The first-order valence-electron chi connectivity index (χ1n) is 8.23. The fourth-order valence-electron chi connectivity index (χ4n) is 2.92. The third-order valence-electron chi connectivity index (χ3n) is 4.54. The van der Waals surface area contributed by atoms with Crippen molar-refractivity contribution in [2.75, 3.05) is 5.32 Å². The third kappa shape index (κ3) is 3.60. The Balaban J connectivity index is 1.52. The molecule has 3 aromatic rings. The lowest BCUT2D eigenvalue weighted by Crippen LogP contribution is -2.45. The molecule has 1 saturated carbocycles. The Morgan fingerprint density at radius 3 is 2.64 bits per heavy atom. The Kier molecular flexibility index (Phi) is 4.55. The SMILES string of the molecule is O=C(Nc1ccc(Cl)cc1)N(Cc1ccc2nsnc2c1)C1CCC1. The van der Waals surface area contributed by atoms with Gasteiger partial charge in [-0.25, -0.2) is 4.79 Å². The first kappa shape index (κ1) is 16.3. The molecule has 128 valence electrons. The second-order valence-corrected chi connectivity index (χ2v) is 7.20. The van der Waals surface area contributed by atoms with Crippen LogP contribution in [0, 0.1) is 0 Å². The van der Waals surface area contributed by atoms with E-state index in [0.29, 0.717) is 11.6 Å². The minimum Gasteiger partial charge on any atom is -0.317 e. The van der Waals surface area contributed by atoms with Crippen molar-refractivity contribution in [2.24, 2.45) is 0 Å². The highest BCUT2D eigenvalue weighted by molar-refractivity contribution is 7.00. The minimum absolute atomic E-state index is 0.0801. The summed E-state index contributed by atoms with van der Waals surface area (Å²) in [4.78, 5) is 14.7. The van der Waals surface area contributed by atoms with Gasteiger partial charge in [0.1, 0.15) is 11.0 Å². The number of benzene rings is 2. The highest BCUT2D eigenvalue weighted by Crippen LogP contribution is 2.28. The van der Waals surface area contributed by atoms with Crippen LogP contribution >= 0.6 is 23.3 Å². The van der Waals surface area contributed by atoms with Crippen LogP contribution < -0.4 is 5.32 Å². The average Bonchev–Trinajstić information content (AvgIpc) is 3.02. The molecule has 1 heterocycles. The van der Waals surface area contributed by atoms with E-state index in [2.05, 4.69) is 14.1 Å². The van der Waals surface area contributed by atoms with Gasteiger partial charge in [0.25, 0.3) is 0 Å². The van der Waals surface area contributed by atoms with Crippen molar-refractivity contribution < 1.29 is 4.79 Å². The molecule has 0 radical (unpaired) electrons. The van der Waals surface area contributed by atoms with Crippen LogP contribution in [0.5, 0.6) is 0 Å². The van der Waals surface area contributed by atoms with Gasteiger partial charge >= 0.3 is 6.03 Å². The zero-order valence-electron chi connectivity index (χ0n) is 13.5. The van der Waals surface area contributed by atoms with Gasteiger partial charge in [-0.2, -0.15) is 8.75 Å². The van der Waals surface area contributed by atoms with Crippen LogP contribution in [0.4, 0.5) is 10.5 Å². The number of aromatic nitrogens is 2. The summed E-state index contributed by atoms with van der Waals surface area (Å²) in [6.45, 7) is 0.567. The molecule has 1 aliphatic rings. The van der Waals surface area contributed by atoms with Crippen LogP contribution in [0.3, 0.4) is 0 Å². The maximum atomic E-state index is 12.8. The number of rotatable bonds is 4. The molecule has 1 aliphatic carbocycles. The Hall–Kier alpha value is -2.18. The molecule has 1 N–H and O–H groups in total. The predicted octanol–water partition coefficient (Wildman–Crippen LogP) is 4.93. The van der Waals surface area contributed by atoms with E-state index in [1.807, 2.05) is 35.2 Å². The zero-order chi connectivity index (χ0) is 17.2. The van der Waals surface area contributed by atoms with Gasteiger partial charge in [-0.05, 0) is 61.2 Å². The summed E-state index contributed by atoms with van der Waals surface area (Å²) in [5.74, 6) is 0. The van der Waals surface area contributed by atoms with Crippen LogP contribution in [0.1, 0.15) is 24.8 Å². The molecule has 4 rings (SSSR count). The summed E-state index contributed by atoms with van der Waals surface area (Å²) in [5, 5.41) is 3.63. The number of nitrogens with zero attached hydrogens (tertiary/aromatic N) is 3. The van der Waals surface area contributed by atoms with E-state index in [4.69, 9.17) is 11.6 Å². The Labute approximate surface area is 154 Å². The number of carbonyl (C=O) groups excluding carboxylic acids is 1. The van der Waals surface area contributed by atoms with Gasteiger partial charge in [0, 0.05) is 23.3 Å². The third-order valence-corrected chi connectivity index (χ3v) is 5.35. The standard InChI is InChI=1S/C18H17ClN4OS/c19-13-5-7-14(8-6-13)20-18(24)23(15-2-1-3-15)11-12-4-9-16-17(10-12)22-25-21-16/h4-10,15H,1-3,11H2,(H,20,24). The van der Waals surface area contributed by atoms with E-state index in [1.165, 1.54) is 18.1 Å². The molecule has 0 atom stereocenters. The summed E-state index contributed by atoms with van der Waals surface area (Å²) in [5.41, 5.74) is 3.60. The van der Waals surface area contributed by atoms with Crippen LogP contribution in [0.2, 0.25) is 5.02 Å². The van der Waals surface area contributed by atoms with Crippen molar-refractivity contribution in [1.29, 1.82) is 0 Å². The highest BCUT2D eigenvalue weighted by Gasteiger charge is 2.29. The smallest absolute Gasteiger partial charge is 0.317 e. The maximum Gasteiger partial charge on any atom is 0.322 e. The fourth-order valence-corrected chi connectivity index (χ4v) is 3.56. The molecule has 1 aromatic heterocycles. The van der Waals surface area contributed by atoms with E-state index in [9.17, 15) is 4.79 Å². The average molecular weight is 373 g/mol. The molecule has 0 bridgehead atoms. The molecule has 0 aliphatic heterocycles. The molecule has 2 aromatic carbocycles. The van der Waals surface area contributed by atoms with Crippen molar-refractivity contribution in [1.82, 2.24) is 13.6 Å². The molecular weight excluding hydrogens is 356 g/mol. The number of anilines is 1. The molecule has 0 spiro atoms. The van der Waals surface area contributed by atoms with Gasteiger partial charge in [-0.15, -0.1) is 0 Å². The Morgan fingerprint density at radius 2 is 1.92 bits per heavy atom. The summed E-state index contributed by atoms with van der Waals surface area (Å²) in [7, 11) is 0. The molecule has 0 saturated heterocycles. The number of hydrogen-bond acceptors (Lipinski definition) is 4. The summed E-state index contributed by atoms with van der Waals surface area (Å²) >= 11 is 7.11. The number of carbonyl (C=O) groups is 1. The predicted molar refractivity (Wildman–Crippen MR) is 101 cm³/mol. The highest BCUT2D eigenvalue weighted by atomic mass is 35.5. The molecule has 7 heteroatoms. The van der Waals surface area contributed by atoms with E-state index in [1.54, 1.807) is 12.1 Å². The molecule has 2 amide bonds. The van der Waals surface area contributed by atoms with Crippen molar-refractivity contribution >= 4 is 46.1 Å². The molecule has 25 heavy (non-hydrogen) atoms. The Morgan fingerprint density at radius 1 is 1.16 bits per heavy atom. The van der Waals surface area contributed by atoms with Gasteiger partial charge in [0.15, 0.2) is 0 Å². The summed E-state index contributed by atoms with van der Waals surface area (Å²) in [6, 6.07) is 13.4. The lowest BCUT2D eigenvalue weighted by atomic mass is 9.91. The fraction of sp³-hybridized carbons (Fsp3) is 0.278. The number of fused-ring (bicyclic) bond motifs is 1. The summed E-state index contributed by atoms with van der Waals surface area (Å²) < 4.78 is 8.51. The van der Waals surface area contributed by atoms with Crippen molar-refractivity contribution in [2.45, 2.75) is 31.8 Å². The normalized spacial score (nSPS) is 14.3.